The van der Waals surface area contributed by atoms with Gasteiger partial charge in [0, 0.05) is 49.8 Å². The van der Waals surface area contributed by atoms with Gasteiger partial charge in [0.1, 0.15) is 51.4 Å². The number of amides is 11. The molecule has 1 fully saturated rings. The fourth-order valence-corrected chi connectivity index (χ4v) is 14.8. The van der Waals surface area contributed by atoms with Gasteiger partial charge in [-0.2, -0.15) is 0 Å². The Morgan fingerprint density at radius 2 is 0.748 bits per heavy atom. The fraction of sp³-hybridized carbons (Fsp3) is 0.430. The van der Waals surface area contributed by atoms with E-state index in [4.69, 9.17) is 0 Å². The van der Waals surface area contributed by atoms with Crippen molar-refractivity contribution < 1.29 is 52.7 Å². The minimum Gasteiger partial charge on any atom is -0.354 e. The molecule has 24 heteroatoms. The van der Waals surface area contributed by atoms with Crippen molar-refractivity contribution >= 4 is 119 Å². The van der Waals surface area contributed by atoms with E-state index in [1.807, 2.05) is 149 Å². The third-order valence-electron chi connectivity index (χ3n) is 18.3. The number of benzene rings is 6. The third-order valence-corrected chi connectivity index (χ3v) is 21.3. The average molecular weight is 1440 g/mol. The molecule has 0 saturated carbocycles. The van der Waals surface area contributed by atoms with E-state index in [-0.39, 0.29) is 50.6 Å². The first-order chi connectivity index (χ1) is 48.5. The Morgan fingerprint density at radius 1 is 0.398 bits per heavy atom. The van der Waals surface area contributed by atoms with E-state index < -0.39 is 110 Å². The van der Waals surface area contributed by atoms with Crippen LogP contribution in [0.25, 0.3) is 32.3 Å². The molecule has 1 aliphatic carbocycles. The zero-order chi connectivity index (χ0) is 75.1. The summed E-state index contributed by atoms with van der Waals surface area (Å²) in [6, 6.07) is 36.1. The van der Waals surface area contributed by atoms with Crippen molar-refractivity contribution in [3.63, 3.8) is 0 Å². The van der Waals surface area contributed by atoms with Crippen LogP contribution in [-0.2, 0) is 72.0 Å². The van der Waals surface area contributed by atoms with Gasteiger partial charge in [0.2, 0.25) is 65.0 Å². The maximum atomic E-state index is 14.9. The van der Waals surface area contributed by atoms with Gasteiger partial charge < -0.3 is 58.5 Å². The quantitative estimate of drug-likeness (QED) is 0.0139. The zero-order valence-corrected chi connectivity index (χ0v) is 62.5. The molecule has 1 heterocycles. The lowest BCUT2D eigenvalue weighted by Crippen LogP contribution is -2.67. The molecular weight excluding hydrogens is 1340 g/mol. The summed E-state index contributed by atoms with van der Waals surface area (Å²) >= 11 is 0. The van der Waals surface area contributed by atoms with Crippen LogP contribution in [0.1, 0.15) is 132 Å². The first-order valence-electron chi connectivity index (χ1n) is 35.0. The van der Waals surface area contributed by atoms with E-state index >= 15 is 0 Å². The van der Waals surface area contributed by atoms with Gasteiger partial charge in [-0.15, -0.1) is 0 Å². The highest BCUT2D eigenvalue weighted by Gasteiger charge is 2.44. The van der Waals surface area contributed by atoms with Gasteiger partial charge in [0.25, 0.3) is 0 Å². The summed E-state index contributed by atoms with van der Waals surface area (Å²) in [6.07, 6.45) is 10.9. The molecular formula is C79H99N11O11S2. The normalized spacial score (nSPS) is 15.1. The Labute approximate surface area is 611 Å². The second-order valence-electron chi connectivity index (χ2n) is 29.8. The molecule has 11 amide bonds. The Morgan fingerprint density at radius 3 is 1.13 bits per heavy atom. The minimum absolute atomic E-state index is 0.0728. The smallest absolute Gasteiger partial charge is 0.246 e. The lowest BCUT2D eigenvalue weighted by Gasteiger charge is -2.35. The van der Waals surface area contributed by atoms with E-state index in [9.17, 15) is 52.7 Å². The van der Waals surface area contributed by atoms with Crippen LogP contribution >= 0.6 is 21.6 Å². The van der Waals surface area contributed by atoms with Gasteiger partial charge in [-0.3, -0.25) is 52.7 Å². The van der Waals surface area contributed by atoms with Crippen LogP contribution < -0.4 is 58.5 Å². The lowest BCUT2D eigenvalue weighted by atomic mass is 9.95. The molecule has 0 radical (unpaired) electrons. The number of rotatable bonds is 33. The number of carbonyl (C=O) groups is 11. The molecule has 1 aliphatic heterocycles. The van der Waals surface area contributed by atoms with Crippen molar-refractivity contribution in [2.75, 3.05) is 18.8 Å². The van der Waals surface area contributed by atoms with Crippen molar-refractivity contribution in [3.05, 3.63) is 168 Å². The van der Waals surface area contributed by atoms with Crippen molar-refractivity contribution in [2.45, 2.75) is 191 Å². The Balaban J connectivity index is 0.931. The molecule has 8 rings (SSSR count). The topological polar surface area (TPSA) is 320 Å². The predicted molar refractivity (Wildman–Crippen MR) is 407 cm³/mol. The molecule has 6 aromatic rings. The van der Waals surface area contributed by atoms with Gasteiger partial charge >= 0.3 is 0 Å². The van der Waals surface area contributed by atoms with Crippen molar-refractivity contribution in [2.24, 2.45) is 5.92 Å². The number of unbranched alkanes of at least 4 members (excludes halogenated alkanes) is 1. The standard InChI is InChI=1S/C79H99N11O11S2/c1-74(2,68(96)81-41-40-80-64(92)55-26-16-17-27-55)88-71(99)77(7,8)86-66(94)61(47-50-34-37-53-24-14-19-29-57(53)44-50)83-70(98)76(5,6)90-73(101)79(11,12)87-67(95)62(48-51-35-38-54-25-15-20-30-58(54)45-51)84-69(97)75(3,4)89-72(100)78(9,10)85-65(93)60(46-49-33-36-52-23-13-18-28-56(52)43-49)82-63(91)32-22-21-31-59-39-42-102-103-59/h13-20,23-30,33-38,43-45,55,59-62H,21-22,31-32,39-42,46-48H2,1-12H3,(H,80,92)(H,81,96)(H,82,91)(H,83,98)(H,84,97)(H,85,93)(H,86,94)(H,87,95)(H,88,99)(H,89,100)(H,90,101). The molecule has 0 bridgehead atoms. The number of hydrogen-bond donors (Lipinski definition) is 11. The molecule has 2 aliphatic rings. The molecule has 1 saturated heterocycles. The van der Waals surface area contributed by atoms with Gasteiger partial charge in [-0.25, -0.2) is 0 Å². The van der Waals surface area contributed by atoms with E-state index in [2.05, 4.69) is 58.5 Å². The molecule has 11 N–H and O–H groups in total. The highest BCUT2D eigenvalue weighted by molar-refractivity contribution is 8.77. The van der Waals surface area contributed by atoms with Crippen LogP contribution in [0, 0.1) is 5.92 Å². The number of fused-ring (bicyclic) bond motifs is 3. The highest BCUT2D eigenvalue weighted by atomic mass is 33.1. The SMILES string of the molecule is CC(C)(NC(=O)C(Cc1ccc2ccccc2c1)NC(=O)C(C)(C)NC(=O)C(C)(C)NC(=O)C(Cc1ccc2ccccc2c1)NC(=O)C(C)(C)NC(=O)C(C)(C)NC(=O)C(Cc1ccc2ccccc2c1)NC(=O)CCCCC1CCSS1)C(=O)NC(C)(C)C(=O)NCCNC(=O)C1C=CC=C1. The van der Waals surface area contributed by atoms with Crippen LogP contribution in [-0.4, -0.2) is 140 Å². The molecule has 0 aromatic heterocycles. The summed E-state index contributed by atoms with van der Waals surface area (Å²) in [5.41, 5.74) is -8.06. The fourth-order valence-electron chi connectivity index (χ4n) is 11.8. The second-order valence-corrected chi connectivity index (χ2v) is 32.6. The van der Waals surface area contributed by atoms with Crippen LogP contribution in [0.5, 0.6) is 0 Å². The predicted octanol–water partition coefficient (Wildman–Crippen LogP) is 7.69. The number of hydrogen-bond acceptors (Lipinski definition) is 13. The molecule has 548 valence electrons. The minimum atomic E-state index is -1.80. The summed E-state index contributed by atoms with van der Waals surface area (Å²) < 4.78 is 0. The largest absolute Gasteiger partial charge is 0.354 e. The van der Waals surface area contributed by atoms with Crippen LogP contribution in [0.3, 0.4) is 0 Å². The van der Waals surface area contributed by atoms with E-state index in [1.165, 1.54) is 83.1 Å². The Kier molecular flexibility index (Phi) is 26.3. The van der Waals surface area contributed by atoms with Gasteiger partial charge in [-0.05, 0) is 151 Å². The average Bonchev–Trinajstić information content (AvgIpc) is 1.09. The summed E-state index contributed by atoms with van der Waals surface area (Å²) in [7, 11) is 3.76. The summed E-state index contributed by atoms with van der Waals surface area (Å²) in [6.45, 7) is 17.6. The maximum absolute atomic E-state index is 14.9. The second kappa shape index (κ2) is 34.2. The third kappa shape index (κ3) is 22.2. The zero-order valence-electron chi connectivity index (χ0n) is 60.9. The maximum Gasteiger partial charge on any atom is 0.246 e. The molecule has 22 nitrogen and oxygen atoms in total. The van der Waals surface area contributed by atoms with Gasteiger partial charge in [0.15, 0.2) is 0 Å². The molecule has 103 heavy (non-hydrogen) atoms. The van der Waals surface area contributed by atoms with Crippen LogP contribution in [0.4, 0.5) is 0 Å². The Hall–Kier alpha value is -9.55. The van der Waals surface area contributed by atoms with Crippen LogP contribution in [0.15, 0.2) is 152 Å². The monoisotopic (exact) mass is 1440 g/mol. The molecule has 0 spiro atoms. The van der Waals surface area contributed by atoms with Gasteiger partial charge in [0.05, 0.1) is 5.92 Å². The Bertz CT molecular complexity index is 4220. The lowest BCUT2D eigenvalue weighted by molar-refractivity contribution is -0.140. The van der Waals surface area contributed by atoms with E-state index in [0.29, 0.717) is 22.8 Å². The number of nitrogens with one attached hydrogen (secondary N) is 11. The first kappa shape index (κ1) is 79.2. The van der Waals surface area contributed by atoms with Crippen molar-refractivity contribution in [1.82, 2.24) is 58.5 Å². The van der Waals surface area contributed by atoms with Crippen LogP contribution in [0.2, 0.25) is 0 Å². The van der Waals surface area contributed by atoms with E-state index in [0.717, 1.165) is 62.9 Å². The molecule has 4 atom stereocenters. The van der Waals surface area contributed by atoms with Gasteiger partial charge in [-0.1, -0.05) is 180 Å². The highest BCUT2D eigenvalue weighted by Crippen LogP contribution is 2.40. The van der Waals surface area contributed by atoms with E-state index in [1.54, 1.807) is 24.3 Å². The molecule has 4 unspecified atom stereocenters. The summed E-state index contributed by atoms with van der Waals surface area (Å²) in [4.78, 5) is 156. The molecule has 6 aromatic carbocycles. The number of carbonyl (C=O) groups excluding carboxylic acids is 11. The summed E-state index contributed by atoms with van der Waals surface area (Å²) in [5.74, 6) is -6.44. The van der Waals surface area contributed by atoms with Crippen molar-refractivity contribution in [3.8, 4) is 0 Å². The van der Waals surface area contributed by atoms with Crippen molar-refractivity contribution in [1.29, 1.82) is 0 Å². The first-order valence-corrected chi connectivity index (χ1v) is 37.4. The number of allylic oxidation sites excluding steroid dienone is 2. The summed E-state index contributed by atoms with van der Waals surface area (Å²) in [5, 5.41) is 36.7.